The number of likely N-dealkylation sites (tertiary alicyclic amines) is 2. The molecule has 2 saturated heterocycles. The van der Waals surface area contributed by atoms with E-state index < -0.39 is 0 Å². The van der Waals surface area contributed by atoms with Crippen LogP contribution in [0.25, 0.3) is 10.8 Å². The Balaban J connectivity index is 1.32. The van der Waals surface area contributed by atoms with Crippen molar-refractivity contribution in [1.29, 1.82) is 0 Å². The molecule has 4 rings (SSSR count). The van der Waals surface area contributed by atoms with Crippen molar-refractivity contribution >= 4 is 16.7 Å². The fraction of sp³-hybridized carbons (Fsp3) is 0.524. The van der Waals surface area contributed by atoms with Crippen molar-refractivity contribution in [2.24, 2.45) is 0 Å². The number of aromatic nitrogens is 1. The highest BCUT2D eigenvalue weighted by Crippen LogP contribution is 2.21. The van der Waals surface area contributed by atoms with E-state index in [1.165, 1.54) is 32.4 Å². The Bertz CT molecular complexity index is 753. The number of benzene rings is 1. The molecule has 3 heterocycles. The van der Waals surface area contributed by atoms with Gasteiger partial charge < -0.3 is 14.5 Å². The number of nitrogens with zero attached hydrogens (tertiary/aromatic N) is 3. The van der Waals surface area contributed by atoms with Crippen LogP contribution in [0.2, 0.25) is 0 Å². The summed E-state index contributed by atoms with van der Waals surface area (Å²) in [7, 11) is 0. The van der Waals surface area contributed by atoms with Crippen LogP contribution >= 0.6 is 0 Å². The summed E-state index contributed by atoms with van der Waals surface area (Å²) in [5, 5.41) is 1.98. The summed E-state index contributed by atoms with van der Waals surface area (Å²) < 4.78 is 6.05. The molecule has 0 aliphatic carbocycles. The van der Waals surface area contributed by atoms with E-state index in [1.54, 1.807) is 6.20 Å². The van der Waals surface area contributed by atoms with Crippen molar-refractivity contribution in [1.82, 2.24) is 14.8 Å². The van der Waals surface area contributed by atoms with E-state index in [0.29, 0.717) is 12.2 Å². The molecule has 0 saturated carbocycles. The zero-order valence-electron chi connectivity index (χ0n) is 15.3. The molecule has 1 amide bonds. The number of ether oxygens (including phenoxy) is 1. The minimum atomic E-state index is 0.0175. The smallest absolute Gasteiger partial charge is 0.273 e. The van der Waals surface area contributed by atoms with Crippen molar-refractivity contribution in [3.8, 4) is 0 Å². The third kappa shape index (κ3) is 3.89. The molecule has 5 nitrogen and oxygen atoms in total. The van der Waals surface area contributed by atoms with E-state index in [9.17, 15) is 4.79 Å². The topological polar surface area (TPSA) is 45.7 Å². The van der Waals surface area contributed by atoms with Gasteiger partial charge >= 0.3 is 0 Å². The lowest BCUT2D eigenvalue weighted by molar-refractivity contribution is 0.0379. The van der Waals surface area contributed by atoms with Crippen molar-refractivity contribution in [3.63, 3.8) is 0 Å². The number of piperidine rings is 1. The molecule has 2 aromatic rings. The van der Waals surface area contributed by atoms with E-state index in [4.69, 9.17) is 4.74 Å². The number of amides is 1. The Morgan fingerprint density at radius 2 is 1.96 bits per heavy atom. The Morgan fingerprint density at radius 1 is 1.12 bits per heavy atom. The molecule has 0 bridgehead atoms. The number of fused-ring (bicyclic) bond motifs is 1. The lowest BCUT2D eigenvalue weighted by atomic mass is 10.1. The summed E-state index contributed by atoms with van der Waals surface area (Å²) in [6.07, 6.45) is 6.76. The first-order valence-corrected chi connectivity index (χ1v) is 9.78. The first-order chi connectivity index (χ1) is 12.8. The molecule has 0 unspecified atom stereocenters. The second-order valence-electron chi connectivity index (χ2n) is 7.32. The number of hydrogen-bond donors (Lipinski definition) is 0. The largest absolute Gasteiger partial charge is 0.375 e. The maximum absolute atomic E-state index is 12.9. The van der Waals surface area contributed by atoms with Crippen LogP contribution in [-0.4, -0.2) is 66.1 Å². The zero-order chi connectivity index (χ0) is 17.8. The quantitative estimate of drug-likeness (QED) is 0.829. The van der Waals surface area contributed by atoms with E-state index in [-0.39, 0.29) is 12.0 Å². The number of carbonyl (C=O) groups is 1. The van der Waals surface area contributed by atoms with E-state index in [0.717, 1.165) is 36.9 Å². The van der Waals surface area contributed by atoms with Gasteiger partial charge in [-0.25, -0.2) is 0 Å². The molecule has 26 heavy (non-hydrogen) atoms. The summed E-state index contributed by atoms with van der Waals surface area (Å²) in [5.74, 6) is 0.0175. The van der Waals surface area contributed by atoms with Crippen LogP contribution in [-0.2, 0) is 4.74 Å². The molecule has 1 atom stereocenters. The summed E-state index contributed by atoms with van der Waals surface area (Å²) in [6.45, 7) is 5.59. The van der Waals surface area contributed by atoms with Crippen LogP contribution < -0.4 is 0 Å². The fourth-order valence-corrected chi connectivity index (χ4v) is 4.02. The predicted octanol–water partition coefficient (Wildman–Crippen LogP) is 2.95. The monoisotopic (exact) mass is 353 g/mol. The van der Waals surface area contributed by atoms with Crippen LogP contribution in [0.5, 0.6) is 0 Å². The summed E-state index contributed by atoms with van der Waals surface area (Å²) >= 11 is 0. The van der Waals surface area contributed by atoms with Crippen LogP contribution in [0, 0.1) is 0 Å². The third-order valence-corrected chi connectivity index (χ3v) is 5.52. The maximum Gasteiger partial charge on any atom is 0.273 e. The van der Waals surface area contributed by atoms with Gasteiger partial charge in [-0.15, -0.1) is 0 Å². The average molecular weight is 353 g/mol. The highest BCUT2D eigenvalue weighted by molar-refractivity contribution is 6.05. The molecule has 1 aromatic carbocycles. The summed E-state index contributed by atoms with van der Waals surface area (Å²) in [4.78, 5) is 21.7. The van der Waals surface area contributed by atoms with Crippen LogP contribution in [0.4, 0.5) is 0 Å². The Labute approximate surface area is 154 Å². The molecular formula is C21H27N3O2. The van der Waals surface area contributed by atoms with Gasteiger partial charge in [-0.3, -0.25) is 9.78 Å². The molecule has 0 N–H and O–H groups in total. The van der Waals surface area contributed by atoms with Crippen LogP contribution in [0.1, 0.15) is 36.2 Å². The van der Waals surface area contributed by atoms with Crippen molar-refractivity contribution in [2.45, 2.75) is 31.8 Å². The van der Waals surface area contributed by atoms with Gasteiger partial charge in [-0.05, 0) is 43.8 Å². The molecular weight excluding hydrogens is 326 g/mol. The molecule has 138 valence electrons. The number of rotatable bonds is 5. The highest BCUT2D eigenvalue weighted by Gasteiger charge is 2.29. The minimum Gasteiger partial charge on any atom is -0.375 e. The van der Waals surface area contributed by atoms with Gasteiger partial charge in [-0.2, -0.15) is 0 Å². The second-order valence-corrected chi connectivity index (χ2v) is 7.32. The first-order valence-electron chi connectivity index (χ1n) is 9.78. The third-order valence-electron chi connectivity index (χ3n) is 5.52. The standard InChI is InChI=1S/C21H27N3O2/c25-21(20-19-7-3-2-6-17(19)8-10-22-20)24-13-9-18(16-24)26-15-14-23-11-4-1-5-12-23/h2-3,6-8,10,18H,1,4-5,9,11-16H2/t18-/m1/s1. The average Bonchev–Trinajstić information content (AvgIpc) is 3.17. The molecule has 2 aliphatic heterocycles. The molecule has 5 heteroatoms. The molecule has 0 spiro atoms. The van der Waals surface area contributed by atoms with Crippen molar-refractivity contribution in [3.05, 3.63) is 42.2 Å². The van der Waals surface area contributed by atoms with Gasteiger partial charge in [-0.1, -0.05) is 30.7 Å². The predicted molar refractivity (Wildman–Crippen MR) is 102 cm³/mol. The fourth-order valence-electron chi connectivity index (χ4n) is 4.02. The van der Waals surface area contributed by atoms with E-state index >= 15 is 0 Å². The number of hydrogen-bond acceptors (Lipinski definition) is 4. The maximum atomic E-state index is 12.9. The van der Waals surface area contributed by atoms with Gasteiger partial charge in [0.05, 0.1) is 12.7 Å². The van der Waals surface area contributed by atoms with Crippen LogP contribution in [0.15, 0.2) is 36.5 Å². The lowest BCUT2D eigenvalue weighted by Gasteiger charge is -2.26. The Hall–Kier alpha value is -1.98. The molecule has 1 aromatic heterocycles. The minimum absolute atomic E-state index is 0.0175. The van der Waals surface area contributed by atoms with Gasteiger partial charge in [0.1, 0.15) is 5.69 Å². The SMILES string of the molecule is O=C(c1nccc2ccccc12)N1CC[C@@H](OCCN2CCCCC2)C1. The summed E-state index contributed by atoms with van der Waals surface area (Å²) in [6, 6.07) is 9.88. The Kier molecular flexibility index (Phi) is 5.46. The van der Waals surface area contributed by atoms with Gasteiger partial charge in [0.2, 0.25) is 0 Å². The number of carbonyl (C=O) groups excluding carboxylic acids is 1. The normalized spacial score (nSPS) is 21.4. The Morgan fingerprint density at radius 3 is 2.85 bits per heavy atom. The van der Waals surface area contributed by atoms with Crippen LogP contribution in [0.3, 0.4) is 0 Å². The summed E-state index contributed by atoms with van der Waals surface area (Å²) in [5.41, 5.74) is 0.553. The molecule has 0 radical (unpaired) electrons. The molecule has 2 fully saturated rings. The zero-order valence-corrected chi connectivity index (χ0v) is 15.3. The second kappa shape index (κ2) is 8.14. The number of pyridine rings is 1. The van der Waals surface area contributed by atoms with Gasteiger partial charge in [0, 0.05) is 31.2 Å². The molecule has 2 aliphatic rings. The lowest BCUT2D eigenvalue weighted by Crippen LogP contribution is -2.34. The van der Waals surface area contributed by atoms with E-state index in [2.05, 4.69) is 9.88 Å². The van der Waals surface area contributed by atoms with Gasteiger partial charge in [0.25, 0.3) is 5.91 Å². The first kappa shape index (κ1) is 17.4. The van der Waals surface area contributed by atoms with Gasteiger partial charge in [0.15, 0.2) is 0 Å². The van der Waals surface area contributed by atoms with Crippen molar-refractivity contribution in [2.75, 3.05) is 39.3 Å². The van der Waals surface area contributed by atoms with E-state index in [1.807, 2.05) is 35.2 Å². The van der Waals surface area contributed by atoms with Crippen molar-refractivity contribution < 1.29 is 9.53 Å². The highest BCUT2D eigenvalue weighted by atomic mass is 16.5.